The zero-order valence-corrected chi connectivity index (χ0v) is 22.4. The standard InChI is InChI=1S/C31H44N4O2/c1-24(36)35-18-16-29(20-30(35)31(37)33-22-28-14-8-13-27(19-28)21-32)34(23-26-11-6-3-7-12-26)17-15-25-9-4-2-5-10-25/h2-7,9-12,27-30H,8,13-23,32H2,1H3,(H,33,37)/t27?,28?,29?,30-/m1/s1. The first kappa shape index (κ1) is 27.3. The summed E-state index contributed by atoms with van der Waals surface area (Å²) in [5.41, 5.74) is 8.51. The van der Waals surface area contributed by atoms with Crippen LogP contribution in [0, 0.1) is 11.8 Å². The highest BCUT2D eigenvalue weighted by molar-refractivity contribution is 5.87. The number of amides is 2. The first-order chi connectivity index (χ1) is 18.0. The number of nitrogens with one attached hydrogen (secondary N) is 1. The summed E-state index contributed by atoms with van der Waals surface area (Å²) in [6.45, 7) is 5.38. The second-order valence-corrected chi connectivity index (χ2v) is 11.0. The lowest BCUT2D eigenvalue weighted by Gasteiger charge is -2.43. The van der Waals surface area contributed by atoms with Crippen molar-refractivity contribution in [1.82, 2.24) is 15.1 Å². The second-order valence-electron chi connectivity index (χ2n) is 11.0. The number of benzene rings is 2. The number of piperidine rings is 1. The molecule has 37 heavy (non-hydrogen) atoms. The number of hydrogen-bond acceptors (Lipinski definition) is 4. The van der Waals surface area contributed by atoms with Crippen LogP contribution in [0.1, 0.15) is 56.6 Å². The Balaban J connectivity index is 1.43. The molecule has 0 aromatic heterocycles. The molecule has 1 saturated carbocycles. The molecule has 2 aliphatic rings. The molecule has 0 bridgehead atoms. The van der Waals surface area contributed by atoms with Gasteiger partial charge in [-0.25, -0.2) is 0 Å². The van der Waals surface area contributed by atoms with Crippen molar-refractivity contribution in [3.8, 4) is 0 Å². The maximum Gasteiger partial charge on any atom is 0.242 e. The number of carbonyl (C=O) groups is 2. The van der Waals surface area contributed by atoms with Gasteiger partial charge in [-0.2, -0.15) is 0 Å². The molecule has 2 fully saturated rings. The molecule has 0 spiro atoms. The molecule has 2 aromatic carbocycles. The third-order valence-electron chi connectivity index (χ3n) is 8.35. The van der Waals surface area contributed by atoms with Gasteiger partial charge in [0.1, 0.15) is 6.04 Å². The van der Waals surface area contributed by atoms with Gasteiger partial charge in [0.2, 0.25) is 11.8 Å². The van der Waals surface area contributed by atoms with E-state index in [2.05, 4.69) is 64.8 Å². The Hall–Kier alpha value is -2.70. The zero-order chi connectivity index (χ0) is 26.0. The van der Waals surface area contributed by atoms with E-state index < -0.39 is 6.04 Å². The van der Waals surface area contributed by atoms with Crippen LogP contribution in [0.3, 0.4) is 0 Å². The smallest absolute Gasteiger partial charge is 0.242 e. The number of likely N-dealkylation sites (tertiary alicyclic amines) is 1. The first-order valence-corrected chi connectivity index (χ1v) is 14.1. The fraction of sp³-hybridized carbons (Fsp3) is 0.548. The summed E-state index contributed by atoms with van der Waals surface area (Å²) in [5.74, 6) is 1.03. The minimum atomic E-state index is -0.417. The minimum Gasteiger partial charge on any atom is -0.354 e. The molecule has 2 aromatic rings. The van der Waals surface area contributed by atoms with E-state index in [4.69, 9.17) is 5.73 Å². The van der Waals surface area contributed by atoms with Gasteiger partial charge in [0.25, 0.3) is 0 Å². The Morgan fingerprint density at radius 2 is 1.62 bits per heavy atom. The van der Waals surface area contributed by atoms with Gasteiger partial charge in [-0.05, 0) is 68.0 Å². The lowest BCUT2D eigenvalue weighted by Crippen LogP contribution is -2.57. The van der Waals surface area contributed by atoms with Crippen LogP contribution in [-0.2, 0) is 22.6 Å². The maximum absolute atomic E-state index is 13.5. The number of carbonyl (C=O) groups excluding carboxylic acids is 2. The Kier molecular flexibility index (Phi) is 10.1. The van der Waals surface area contributed by atoms with Gasteiger partial charge in [0, 0.05) is 39.1 Å². The van der Waals surface area contributed by atoms with E-state index in [-0.39, 0.29) is 17.9 Å². The number of rotatable bonds is 10. The Bertz CT molecular complexity index is 983. The van der Waals surface area contributed by atoms with Gasteiger partial charge in [-0.1, -0.05) is 67.1 Å². The van der Waals surface area contributed by atoms with Crippen LogP contribution in [-0.4, -0.2) is 59.9 Å². The van der Waals surface area contributed by atoms with Crippen LogP contribution in [0.2, 0.25) is 0 Å². The van der Waals surface area contributed by atoms with E-state index in [0.717, 1.165) is 45.3 Å². The Labute approximate surface area is 222 Å². The van der Waals surface area contributed by atoms with Crippen LogP contribution in [0.15, 0.2) is 60.7 Å². The first-order valence-electron chi connectivity index (χ1n) is 14.1. The normalized spacial score (nSPS) is 24.1. The van der Waals surface area contributed by atoms with Crippen molar-refractivity contribution in [1.29, 1.82) is 0 Å². The van der Waals surface area contributed by atoms with E-state index >= 15 is 0 Å². The summed E-state index contributed by atoms with van der Waals surface area (Å²) in [6, 6.07) is 21.0. The summed E-state index contributed by atoms with van der Waals surface area (Å²) in [6.07, 6.45) is 7.12. The van der Waals surface area contributed by atoms with E-state index in [1.54, 1.807) is 11.8 Å². The van der Waals surface area contributed by atoms with Gasteiger partial charge in [0.15, 0.2) is 0 Å². The van der Waals surface area contributed by atoms with Crippen LogP contribution in [0.25, 0.3) is 0 Å². The summed E-state index contributed by atoms with van der Waals surface area (Å²) < 4.78 is 0. The average Bonchev–Trinajstić information content (AvgIpc) is 2.94. The third kappa shape index (κ3) is 7.89. The van der Waals surface area contributed by atoms with Crippen molar-refractivity contribution in [2.45, 2.75) is 70.5 Å². The highest BCUT2D eigenvalue weighted by Crippen LogP contribution is 2.28. The predicted molar refractivity (Wildman–Crippen MR) is 149 cm³/mol. The SMILES string of the molecule is CC(=O)N1CCC(N(CCc2ccccc2)Cc2ccccc2)C[C@@H]1C(=O)NCC1CCCC(CN)C1. The van der Waals surface area contributed by atoms with Crippen molar-refractivity contribution in [3.63, 3.8) is 0 Å². The van der Waals surface area contributed by atoms with Crippen molar-refractivity contribution in [3.05, 3.63) is 71.8 Å². The molecule has 1 aliphatic carbocycles. The largest absolute Gasteiger partial charge is 0.354 e. The Morgan fingerprint density at radius 3 is 2.30 bits per heavy atom. The summed E-state index contributed by atoms with van der Waals surface area (Å²) in [5, 5.41) is 3.23. The zero-order valence-electron chi connectivity index (χ0n) is 22.4. The van der Waals surface area contributed by atoms with Gasteiger partial charge >= 0.3 is 0 Å². The second kappa shape index (κ2) is 13.7. The molecular formula is C31H44N4O2. The summed E-state index contributed by atoms with van der Waals surface area (Å²) >= 11 is 0. The molecule has 2 amide bonds. The fourth-order valence-corrected chi connectivity index (χ4v) is 6.19. The van der Waals surface area contributed by atoms with Gasteiger partial charge in [-0.3, -0.25) is 14.5 Å². The van der Waals surface area contributed by atoms with Crippen molar-refractivity contribution < 1.29 is 9.59 Å². The van der Waals surface area contributed by atoms with E-state index in [1.807, 2.05) is 6.07 Å². The maximum atomic E-state index is 13.5. The summed E-state index contributed by atoms with van der Waals surface area (Å²) in [7, 11) is 0. The topological polar surface area (TPSA) is 78.7 Å². The molecule has 1 aliphatic heterocycles. The number of nitrogens with zero attached hydrogens (tertiary/aromatic N) is 2. The molecule has 4 atom stereocenters. The monoisotopic (exact) mass is 504 g/mol. The molecule has 6 nitrogen and oxygen atoms in total. The lowest BCUT2D eigenvalue weighted by molar-refractivity contribution is -0.142. The van der Waals surface area contributed by atoms with Crippen molar-refractivity contribution in [2.75, 3.05) is 26.2 Å². The molecule has 1 heterocycles. The van der Waals surface area contributed by atoms with Gasteiger partial charge < -0.3 is 16.0 Å². The minimum absolute atomic E-state index is 0.00232. The number of hydrogen-bond donors (Lipinski definition) is 2. The highest BCUT2D eigenvalue weighted by Gasteiger charge is 2.37. The van der Waals surface area contributed by atoms with Crippen LogP contribution in [0.4, 0.5) is 0 Å². The van der Waals surface area contributed by atoms with E-state index in [9.17, 15) is 9.59 Å². The molecule has 3 unspecified atom stereocenters. The molecule has 0 radical (unpaired) electrons. The van der Waals surface area contributed by atoms with E-state index in [0.29, 0.717) is 31.3 Å². The van der Waals surface area contributed by atoms with Crippen LogP contribution >= 0.6 is 0 Å². The number of nitrogens with two attached hydrogens (primary N) is 1. The molecule has 200 valence electrons. The van der Waals surface area contributed by atoms with E-state index in [1.165, 1.54) is 24.0 Å². The molecular weight excluding hydrogens is 460 g/mol. The average molecular weight is 505 g/mol. The predicted octanol–water partition coefficient (Wildman–Crippen LogP) is 3.99. The fourth-order valence-electron chi connectivity index (χ4n) is 6.19. The van der Waals surface area contributed by atoms with Gasteiger partial charge in [0.05, 0.1) is 0 Å². The molecule has 1 saturated heterocycles. The van der Waals surface area contributed by atoms with Gasteiger partial charge in [-0.15, -0.1) is 0 Å². The molecule has 6 heteroatoms. The molecule has 4 rings (SSSR count). The quantitative estimate of drug-likeness (QED) is 0.513. The van der Waals surface area contributed by atoms with Crippen LogP contribution in [0.5, 0.6) is 0 Å². The van der Waals surface area contributed by atoms with Crippen LogP contribution < -0.4 is 11.1 Å². The summed E-state index contributed by atoms with van der Waals surface area (Å²) in [4.78, 5) is 30.3. The highest BCUT2D eigenvalue weighted by atomic mass is 16.2. The lowest BCUT2D eigenvalue weighted by atomic mass is 9.81. The van der Waals surface area contributed by atoms with Crippen molar-refractivity contribution >= 4 is 11.8 Å². The Morgan fingerprint density at radius 1 is 0.946 bits per heavy atom. The third-order valence-corrected chi connectivity index (χ3v) is 8.35. The molecule has 3 N–H and O–H groups in total. The van der Waals surface area contributed by atoms with Crippen molar-refractivity contribution in [2.24, 2.45) is 17.6 Å².